The fourth-order valence-corrected chi connectivity index (χ4v) is 5.08. The van der Waals surface area contributed by atoms with Gasteiger partial charge in [0, 0.05) is 48.4 Å². The third-order valence-electron chi connectivity index (χ3n) is 6.29. The standard InChI is InChI=1S/C22H25Cl2N3O/c1-15(2)27-14-22(19(27)16-5-7-17(23)8-6-16)9-12-26(13-10-22)21(28)18-4-3-11-25-20(18)24/h3-8,11,15,19H,9-10,12-14H2,1-2H3. The molecule has 1 unspecified atom stereocenters. The van der Waals surface area contributed by atoms with Gasteiger partial charge >= 0.3 is 0 Å². The van der Waals surface area contributed by atoms with E-state index >= 15 is 0 Å². The predicted octanol–water partition coefficient (Wildman–Crippen LogP) is 5.08. The lowest BCUT2D eigenvalue weighted by Crippen LogP contribution is -2.64. The molecule has 1 amide bonds. The van der Waals surface area contributed by atoms with Gasteiger partial charge in [0.15, 0.2) is 0 Å². The maximum Gasteiger partial charge on any atom is 0.256 e. The minimum atomic E-state index is -0.0176. The molecule has 148 valence electrons. The molecular formula is C22H25Cl2N3O. The molecule has 2 aromatic rings. The Balaban J connectivity index is 1.51. The first-order chi connectivity index (χ1) is 13.4. The van der Waals surface area contributed by atoms with E-state index in [2.05, 4.69) is 35.9 Å². The maximum atomic E-state index is 12.9. The van der Waals surface area contributed by atoms with E-state index in [1.54, 1.807) is 18.3 Å². The third-order valence-corrected chi connectivity index (χ3v) is 6.85. The number of hydrogen-bond donors (Lipinski definition) is 0. The highest BCUT2D eigenvalue weighted by molar-refractivity contribution is 6.32. The highest BCUT2D eigenvalue weighted by atomic mass is 35.5. The summed E-state index contributed by atoms with van der Waals surface area (Å²) in [5.41, 5.74) is 2.03. The van der Waals surface area contributed by atoms with Gasteiger partial charge in [-0.25, -0.2) is 4.98 Å². The monoisotopic (exact) mass is 417 g/mol. The molecule has 4 rings (SSSR count). The van der Waals surface area contributed by atoms with Gasteiger partial charge in [-0.15, -0.1) is 0 Å². The quantitative estimate of drug-likeness (QED) is 0.653. The van der Waals surface area contributed by atoms with E-state index in [9.17, 15) is 4.79 Å². The maximum absolute atomic E-state index is 12.9. The van der Waals surface area contributed by atoms with Gasteiger partial charge in [-0.05, 0) is 56.5 Å². The number of hydrogen-bond acceptors (Lipinski definition) is 3. The Hall–Kier alpha value is -1.62. The van der Waals surface area contributed by atoms with E-state index in [1.165, 1.54) is 5.56 Å². The van der Waals surface area contributed by atoms with Crippen molar-refractivity contribution in [2.75, 3.05) is 19.6 Å². The van der Waals surface area contributed by atoms with Gasteiger partial charge in [-0.3, -0.25) is 9.69 Å². The van der Waals surface area contributed by atoms with Crippen molar-refractivity contribution in [3.63, 3.8) is 0 Å². The summed E-state index contributed by atoms with van der Waals surface area (Å²) in [6, 6.07) is 12.6. The summed E-state index contributed by atoms with van der Waals surface area (Å²) in [6.07, 6.45) is 3.59. The summed E-state index contributed by atoms with van der Waals surface area (Å²) in [7, 11) is 0. The number of carbonyl (C=O) groups excluding carboxylic acids is 1. The number of likely N-dealkylation sites (tertiary alicyclic amines) is 2. The van der Waals surface area contributed by atoms with Crippen molar-refractivity contribution in [1.29, 1.82) is 0 Å². The summed E-state index contributed by atoms with van der Waals surface area (Å²) >= 11 is 12.2. The predicted molar refractivity (Wildman–Crippen MR) is 113 cm³/mol. The zero-order valence-corrected chi connectivity index (χ0v) is 17.7. The molecule has 28 heavy (non-hydrogen) atoms. The second-order valence-electron chi connectivity index (χ2n) is 8.22. The normalized spacial score (nSPS) is 21.8. The SMILES string of the molecule is CC(C)N1CC2(CCN(C(=O)c3cccnc3Cl)CC2)C1c1ccc(Cl)cc1. The van der Waals surface area contributed by atoms with Gasteiger partial charge in [-0.1, -0.05) is 35.3 Å². The Morgan fingerprint density at radius 3 is 2.43 bits per heavy atom. The Morgan fingerprint density at radius 1 is 1.14 bits per heavy atom. The van der Waals surface area contributed by atoms with Crippen LogP contribution in [-0.2, 0) is 0 Å². The average molecular weight is 418 g/mol. The van der Waals surface area contributed by atoms with Gasteiger partial charge in [0.25, 0.3) is 5.91 Å². The topological polar surface area (TPSA) is 36.4 Å². The average Bonchev–Trinajstić information content (AvgIpc) is 2.68. The Kier molecular flexibility index (Phi) is 5.38. The number of benzene rings is 1. The van der Waals surface area contributed by atoms with E-state index in [4.69, 9.17) is 23.2 Å². The Labute approximate surface area is 176 Å². The van der Waals surface area contributed by atoms with Crippen LogP contribution in [0.4, 0.5) is 0 Å². The van der Waals surface area contributed by atoms with Crippen molar-refractivity contribution >= 4 is 29.1 Å². The number of amides is 1. The van der Waals surface area contributed by atoms with E-state index in [-0.39, 0.29) is 16.5 Å². The van der Waals surface area contributed by atoms with Crippen LogP contribution in [0.15, 0.2) is 42.6 Å². The van der Waals surface area contributed by atoms with E-state index in [0.29, 0.717) is 17.6 Å². The van der Waals surface area contributed by atoms with Gasteiger partial charge in [0.1, 0.15) is 5.15 Å². The number of halogens is 2. The molecule has 3 heterocycles. The molecule has 0 saturated carbocycles. The van der Waals surface area contributed by atoms with Gasteiger partial charge < -0.3 is 4.90 Å². The molecule has 0 radical (unpaired) electrons. The third kappa shape index (κ3) is 3.42. The summed E-state index contributed by atoms with van der Waals surface area (Å²) in [4.78, 5) is 21.4. The van der Waals surface area contributed by atoms with Crippen LogP contribution in [0.3, 0.4) is 0 Å². The fourth-order valence-electron chi connectivity index (χ4n) is 4.75. The van der Waals surface area contributed by atoms with Crippen molar-refractivity contribution in [3.8, 4) is 0 Å². The van der Waals surface area contributed by atoms with Gasteiger partial charge in [0.05, 0.1) is 5.56 Å². The summed E-state index contributed by atoms with van der Waals surface area (Å²) in [6.45, 7) is 7.07. The van der Waals surface area contributed by atoms with Crippen LogP contribution < -0.4 is 0 Å². The molecule has 2 aliphatic heterocycles. The van der Waals surface area contributed by atoms with Gasteiger partial charge in [-0.2, -0.15) is 0 Å². The number of rotatable bonds is 3. The second-order valence-corrected chi connectivity index (χ2v) is 9.01. The van der Waals surface area contributed by atoms with Crippen LogP contribution in [0.5, 0.6) is 0 Å². The second kappa shape index (κ2) is 7.66. The number of aromatic nitrogens is 1. The van der Waals surface area contributed by atoms with Crippen molar-refractivity contribution in [3.05, 3.63) is 63.9 Å². The van der Waals surface area contributed by atoms with Crippen molar-refractivity contribution < 1.29 is 4.79 Å². The van der Waals surface area contributed by atoms with Crippen molar-refractivity contribution in [2.24, 2.45) is 5.41 Å². The minimum Gasteiger partial charge on any atom is -0.339 e. The molecule has 6 heteroatoms. The molecule has 1 spiro atoms. The molecule has 2 fully saturated rings. The first kappa shape index (κ1) is 19.7. The lowest BCUT2D eigenvalue weighted by atomic mass is 9.62. The number of pyridine rings is 1. The molecule has 1 atom stereocenters. The highest BCUT2D eigenvalue weighted by Crippen LogP contribution is 2.55. The molecule has 0 bridgehead atoms. The number of piperidine rings is 1. The van der Waals surface area contributed by atoms with E-state index in [0.717, 1.165) is 37.5 Å². The van der Waals surface area contributed by atoms with E-state index < -0.39 is 0 Å². The lowest BCUT2D eigenvalue weighted by molar-refractivity contribution is -0.124. The Bertz CT molecular complexity index is 860. The number of carbonyl (C=O) groups is 1. The molecule has 0 N–H and O–H groups in total. The molecule has 1 aromatic heterocycles. The fraction of sp³-hybridized carbons (Fsp3) is 0.455. The zero-order valence-electron chi connectivity index (χ0n) is 16.2. The Morgan fingerprint density at radius 2 is 1.82 bits per heavy atom. The minimum absolute atomic E-state index is 0.0176. The summed E-state index contributed by atoms with van der Waals surface area (Å²) in [5, 5.41) is 1.04. The van der Waals surface area contributed by atoms with Gasteiger partial charge in [0.2, 0.25) is 0 Å². The molecule has 2 aliphatic rings. The van der Waals surface area contributed by atoms with Crippen LogP contribution in [0.2, 0.25) is 10.2 Å². The van der Waals surface area contributed by atoms with Crippen LogP contribution >= 0.6 is 23.2 Å². The first-order valence-electron chi connectivity index (χ1n) is 9.82. The summed E-state index contributed by atoms with van der Waals surface area (Å²) in [5.74, 6) is -0.0176. The molecule has 4 nitrogen and oxygen atoms in total. The molecular weight excluding hydrogens is 393 g/mol. The largest absolute Gasteiger partial charge is 0.339 e. The molecule has 1 aromatic carbocycles. The molecule has 0 aliphatic carbocycles. The highest BCUT2D eigenvalue weighted by Gasteiger charge is 2.54. The van der Waals surface area contributed by atoms with Crippen LogP contribution in [0.1, 0.15) is 48.7 Å². The lowest BCUT2D eigenvalue weighted by Gasteiger charge is -2.62. The van der Waals surface area contributed by atoms with Crippen LogP contribution in [-0.4, -0.2) is 46.4 Å². The van der Waals surface area contributed by atoms with Crippen LogP contribution in [0.25, 0.3) is 0 Å². The van der Waals surface area contributed by atoms with Crippen molar-refractivity contribution in [2.45, 2.75) is 38.8 Å². The molecule has 2 saturated heterocycles. The smallest absolute Gasteiger partial charge is 0.256 e. The number of nitrogens with zero attached hydrogens (tertiary/aromatic N) is 3. The first-order valence-corrected chi connectivity index (χ1v) is 10.6. The zero-order chi connectivity index (χ0) is 19.9. The van der Waals surface area contributed by atoms with E-state index in [1.807, 2.05) is 17.0 Å². The van der Waals surface area contributed by atoms with Crippen molar-refractivity contribution in [1.82, 2.24) is 14.8 Å². The summed E-state index contributed by atoms with van der Waals surface area (Å²) < 4.78 is 0. The van der Waals surface area contributed by atoms with Crippen LogP contribution in [0, 0.1) is 5.41 Å².